The quantitative estimate of drug-likeness (QED) is 0.606. The Balaban J connectivity index is 1.68. The first kappa shape index (κ1) is 20.1. The van der Waals surface area contributed by atoms with Gasteiger partial charge in [0.05, 0.1) is 7.11 Å². The zero-order chi connectivity index (χ0) is 19.9. The summed E-state index contributed by atoms with van der Waals surface area (Å²) in [7, 11) is 5.62. The predicted molar refractivity (Wildman–Crippen MR) is 113 cm³/mol. The summed E-state index contributed by atoms with van der Waals surface area (Å²) in [6.45, 7) is 2.24. The maximum Gasteiger partial charge on any atom is 0.165 e. The van der Waals surface area contributed by atoms with E-state index in [-0.39, 0.29) is 11.6 Å². The minimum atomic E-state index is -0.333. The van der Waals surface area contributed by atoms with Crippen molar-refractivity contribution >= 4 is 0 Å². The van der Waals surface area contributed by atoms with Crippen molar-refractivity contribution in [2.24, 2.45) is 0 Å². The molecular formula is C24H27FN2O. The number of methoxy groups -OCH3 is 1. The van der Waals surface area contributed by atoms with Crippen LogP contribution in [-0.2, 0) is 19.6 Å². The summed E-state index contributed by atoms with van der Waals surface area (Å²) in [5.74, 6) is -0.0631. The molecule has 0 spiro atoms. The molecule has 0 heterocycles. The third-order valence-electron chi connectivity index (χ3n) is 4.64. The molecule has 0 aliphatic carbocycles. The second-order valence-electron chi connectivity index (χ2n) is 7.16. The van der Waals surface area contributed by atoms with Gasteiger partial charge in [-0.3, -0.25) is 0 Å². The molecular weight excluding hydrogens is 351 g/mol. The average Bonchev–Trinajstić information content (AvgIpc) is 2.69. The van der Waals surface area contributed by atoms with Crippen molar-refractivity contribution in [3.05, 3.63) is 89.2 Å². The maximum absolute atomic E-state index is 13.8. The number of nitrogens with one attached hydrogen (secondary N) is 1. The third-order valence-corrected chi connectivity index (χ3v) is 4.64. The zero-order valence-corrected chi connectivity index (χ0v) is 16.7. The molecule has 0 unspecified atom stereocenters. The normalized spacial score (nSPS) is 11.0. The standard InChI is InChI=1S/C24H27FN2O/c1-27(2)17-18-8-11-20(12-9-18)22-7-5-4-6-21(22)16-26-15-19-10-13-24(28-3)23(25)14-19/h4-14,26H,15-17H2,1-3H3. The highest BCUT2D eigenvalue weighted by molar-refractivity contribution is 5.67. The van der Waals surface area contributed by atoms with Gasteiger partial charge in [-0.2, -0.15) is 0 Å². The van der Waals surface area contributed by atoms with Crippen molar-refractivity contribution in [2.75, 3.05) is 21.2 Å². The zero-order valence-electron chi connectivity index (χ0n) is 16.7. The van der Waals surface area contributed by atoms with Crippen molar-refractivity contribution < 1.29 is 9.13 Å². The van der Waals surface area contributed by atoms with Gasteiger partial charge in [-0.25, -0.2) is 4.39 Å². The summed E-state index contributed by atoms with van der Waals surface area (Å²) in [5, 5.41) is 3.42. The molecule has 3 aromatic rings. The number of halogens is 1. The molecule has 4 heteroatoms. The van der Waals surface area contributed by atoms with Gasteiger partial charge in [-0.05, 0) is 54.0 Å². The van der Waals surface area contributed by atoms with Gasteiger partial charge in [-0.15, -0.1) is 0 Å². The lowest BCUT2D eigenvalue weighted by Crippen LogP contribution is -2.13. The van der Waals surface area contributed by atoms with Gasteiger partial charge in [0, 0.05) is 19.6 Å². The van der Waals surface area contributed by atoms with Gasteiger partial charge in [0.2, 0.25) is 0 Å². The SMILES string of the molecule is COc1ccc(CNCc2ccccc2-c2ccc(CN(C)C)cc2)cc1F. The lowest BCUT2D eigenvalue weighted by Gasteiger charge is -2.13. The first-order valence-corrected chi connectivity index (χ1v) is 9.42. The number of benzene rings is 3. The van der Waals surface area contributed by atoms with Crippen LogP contribution in [0.5, 0.6) is 5.75 Å². The number of hydrogen-bond donors (Lipinski definition) is 1. The first-order valence-electron chi connectivity index (χ1n) is 9.42. The van der Waals surface area contributed by atoms with Crippen molar-refractivity contribution in [2.45, 2.75) is 19.6 Å². The summed E-state index contributed by atoms with van der Waals surface area (Å²) in [6.07, 6.45) is 0. The van der Waals surface area contributed by atoms with Gasteiger partial charge < -0.3 is 15.0 Å². The molecule has 0 fully saturated rings. The van der Waals surface area contributed by atoms with Gasteiger partial charge in [0.15, 0.2) is 11.6 Å². The highest BCUT2D eigenvalue weighted by atomic mass is 19.1. The summed E-state index contributed by atoms with van der Waals surface area (Å²) in [6, 6.07) is 22.2. The van der Waals surface area contributed by atoms with Crippen LogP contribution in [0.25, 0.3) is 11.1 Å². The van der Waals surface area contributed by atoms with Crippen molar-refractivity contribution in [1.29, 1.82) is 0 Å². The van der Waals surface area contributed by atoms with E-state index in [4.69, 9.17) is 4.74 Å². The molecule has 0 saturated carbocycles. The largest absolute Gasteiger partial charge is 0.494 e. The molecule has 146 valence electrons. The van der Waals surface area contributed by atoms with E-state index in [0.29, 0.717) is 13.1 Å². The Kier molecular flexibility index (Phi) is 6.80. The van der Waals surface area contributed by atoms with Crippen LogP contribution in [0.4, 0.5) is 4.39 Å². The van der Waals surface area contributed by atoms with E-state index in [1.165, 1.54) is 35.4 Å². The summed E-state index contributed by atoms with van der Waals surface area (Å²) < 4.78 is 18.8. The second kappa shape index (κ2) is 9.49. The molecule has 0 saturated heterocycles. The fourth-order valence-corrected chi connectivity index (χ4v) is 3.27. The monoisotopic (exact) mass is 378 g/mol. The molecule has 0 atom stereocenters. The Morgan fingerprint density at radius 1 is 0.893 bits per heavy atom. The van der Waals surface area contributed by atoms with E-state index in [1.54, 1.807) is 6.07 Å². The van der Waals surface area contributed by atoms with E-state index in [2.05, 4.69) is 66.8 Å². The topological polar surface area (TPSA) is 24.5 Å². The number of ether oxygens (including phenoxy) is 1. The van der Waals surface area contributed by atoms with Crippen LogP contribution in [0.1, 0.15) is 16.7 Å². The third kappa shape index (κ3) is 5.18. The molecule has 0 amide bonds. The Morgan fingerprint density at radius 3 is 2.29 bits per heavy atom. The molecule has 0 radical (unpaired) electrons. The van der Waals surface area contributed by atoms with Crippen molar-refractivity contribution in [3.63, 3.8) is 0 Å². The average molecular weight is 378 g/mol. The highest BCUT2D eigenvalue weighted by Crippen LogP contribution is 2.24. The van der Waals surface area contributed by atoms with E-state index in [1.807, 2.05) is 12.1 Å². The number of nitrogens with zero attached hydrogens (tertiary/aromatic N) is 1. The number of hydrogen-bond acceptors (Lipinski definition) is 3. The summed E-state index contributed by atoms with van der Waals surface area (Å²) in [4.78, 5) is 2.16. The van der Waals surface area contributed by atoms with Crippen LogP contribution in [0.15, 0.2) is 66.7 Å². The van der Waals surface area contributed by atoms with Gasteiger partial charge >= 0.3 is 0 Å². The molecule has 3 nitrogen and oxygen atoms in total. The molecule has 0 aromatic heterocycles. The molecule has 3 aromatic carbocycles. The van der Waals surface area contributed by atoms with Gasteiger partial charge in [0.25, 0.3) is 0 Å². The molecule has 1 N–H and O–H groups in total. The van der Waals surface area contributed by atoms with Gasteiger partial charge in [-0.1, -0.05) is 54.6 Å². The number of rotatable bonds is 8. The van der Waals surface area contributed by atoms with E-state index >= 15 is 0 Å². The minimum Gasteiger partial charge on any atom is -0.494 e. The Hall–Kier alpha value is -2.69. The van der Waals surface area contributed by atoms with E-state index < -0.39 is 0 Å². The second-order valence-corrected chi connectivity index (χ2v) is 7.16. The van der Waals surface area contributed by atoms with Crippen molar-refractivity contribution in [1.82, 2.24) is 10.2 Å². The van der Waals surface area contributed by atoms with E-state index in [9.17, 15) is 4.39 Å². The fraction of sp³-hybridized carbons (Fsp3) is 0.250. The Bertz CT molecular complexity index is 907. The van der Waals surface area contributed by atoms with Crippen LogP contribution in [0, 0.1) is 5.82 Å². The maximum atomic E-state index is 13.8. The van der Waals surface area contributed by atoms with Crippen LogP contribution >= 0.6 is 0 Å². The molecule has 0 bridgehead atoms. The summed E-state index contributed by atoms with van der Waals surface area (Å²) >= 11 is 0. The first-order chi connectivity index (χ1) is 13.6. The van der Waals surface area contributed by atoms with Crippen molar-refractivity contribution in [3.8, 4) is 16.9 Å². The molecule has 28 heavy (non-hydrogen) atoms. The minimum absolute atomic E-state index is 0.270. The Morgan fingerprint density at radius 2 is 1.61 bits per heavy atom. The van der Waals surface area contributed by atoms with E-state index in [0.717, 1.165) is 12.1 Å². The highest BCUT2D eigenvalue weighted by Gasteiger charge is 2.07. The lowest BCUT2D eigenvalue weighted by atomic mass is 9.98. The molecule has 0 aliphatic rings. The van der Waals surface area contributed by atoms with Crippen LogP contribution in [0.2, 0.25) is 0 Å². The van der Waals surface area contributed by atoms with Gasteiger partial charge in [0.1, 0.15) is 0 Å². The molecule has 3 rings (SSSR count). The summed E-state index contributed by atoms with van der Waals surface area (Å²) in [5.41, 5.74) is 5.83. The van der Waals surface area contributed by atoms with Crippen LogP contribution in [0.3, 0.4) is 0 Å². The smallest absolute Gasteiger partial charge is 0.165 e. The lowest BCUT2D eigenvalue weighted by molar-refractivity contribution is 0.386. The Labute approximate surface area is 166 Å². The molecule has 0 aliphatic heterocycles. The predicted octanol–water partition coefficient (Wildman–Crippen LogP) is 4.85. The van der Waals surface area contributed by atoms with Crippen LogP contribution < -0.4 is 10.1 Å². The van der Waals surface area contributed by atoms with Crippen LogP contribution in [-0.4, -0.2) is 26.1 Å². The fourth-order valence-electron chi connectivity index (χ4n) is 3.27.